The number of likely N-dealkylation sites (tertiary alicyclic amines) is 2. The number of aryl methyl sites for hydroxylation is 2. The summed E-state index contributed by atoms with van der Waals surface area (Å²) in [5.74, 6) is 0.676. The number of fused-ring (bicyclic) bond motifs is 2. The lowest BCUT2D eigenvalue weighted by Gasteiger charge is -2.49. The lowest BCUT2D eigenvalue weighted by atomic mass is 9.79. The van der Waals surface area contributed by atoms with Crippen molar-refractivity contribution in [3.8, 4) is 0 Å². The molecular weight excluding hydrogens is 396 g/mol. The minimum absolute atomic E-state index is 0.0741. The second kappa shape index (κ2) is 7.77. The molecular formula is C23H32N4O2S. The van der Waals surface area contributed by atoms with E-state index in [0.29, 0.717) is 17.5 Å². The van der Waals surface area contributed by atoms with Crippen LogP contribution in [0.1, 0.15) is 52.4 Å². The van der Waals surface area contributed by atoms with Gasteiger partial charge in [-0.1, -0.05) is 6.92 Å². The lowest BCUT2D eigenvalue weighted by molar-refractivity contribution is -0.114. The number of aromatic nitrogens is 2. The zero-order valence-corrected chi connectivity index (χ0v) is 19.1. The predicted octanol–water partition coefficient (Wildman–Crippen LogP) is 3.07. The number of amides is 1. The smallest absolute Gasteiger partial charge is 0.257 e. The molecule has 0 aliphatic carbocycles. The molecule has 2 fully saturated rings. The number of hydrogen-bond donors (Lipinski definition) is 0. The predicted molar refractivity (Wildman–Crippen MR) is 118 cm³/mol. The summed E-state index contributed by atoms with van der Waals surface area (Å²) < 4.78 is 8.16. The van der Waals surface area contributed by atoms with E-state index in [0.717, 1.165) is 58.5 Å². The van der Waals surface area contributed by atoms with E-state index < -0.39 is 0 Å². The van der Waals surface area contributed by atoms with E-state index in [4.69, 9.17) is 4.74 Å². The van der Waals surface area contributed by atoms with Crippen LogP contribution in [-0.4, -0.2) is 64.3 Å². The Bertz CT molecular complexity index is 932. The Morgan fingerprint density at radius 2 is 2.23 bits per heavy atom. The largest absolute Gasteiger partial charge is 0.370 e. The van der Waals surface area contributed by atoms with Gasteiger partial charge in [-0.05, 0) is 37.8 Å². The third kappa shape index (κ3) is 3.51. The molecule has 2 aromatic heterocycles. The number of ether oxygens (including phenoxy) is 1. The molecule has 1 amide bonds. The summed E-state index contributed by atoms with van der Waals surface area (Å²) in [6, 6.07) is 2.92. The van der Waals surface area contributed by atoms with E-state index in [-0.39, 0.29) is 11.5 Å². The highest BCUT2D eigenvalue weighted by atomic mass is 32.1. The van der Waals surface area contributed by atoms with Crippen molar-refractivity contribution >= 4 is 17.2 Å². The molecule has 5 rings (SSSR count). The van der Waals surface area contributed by atoms with Crippen molar-refractivity contribution in [3.63, 3.8) is 0 Å². The highest BCUT2D eigenvalue weighted by Gasteiger charge is 2.45. The van der Waals surface area contributed by atoms with Gasteiger partial charge in [0.15, 0.2) is 0 Å². The van der Waals surface area contributed by atoms with Crippen LogP contribution in [0, 0.1) is 5.92 Å². The van der Waals surface area contributed by atoms with E-state index in [9.17, 15) is 4.79 Å². The third-order valence-electron chi connectivity index (χ3n) is 7.15. The summed E-state index contributed by atoms with van der Waals surface area (Å²) in [6.45, 7) is 9.31. The van der Waals surface area contributed by atoms with Gasteiger partial charge in [-0.25, -0.2) is 0 Å². The first-order valence-corrected chi connectivity index (χ1v) is 12.1. The van der Waals surface area contributed by atoms with Crippen molar-refractivity contribution in [2.24, 2.45) is 13.0 Å². The number of hydrogen-bond acceptors (Lipinski definition) is 5. The van der Waals surface area contributed by atoms with Gasteiger partial charge in [0.1, 0.15) is 0 Å². The van der Waals surface area contributed by atoms with Crippen molar-refractivity contribution in [2.75, 3.05) is 32.8 Å². The molecule has 0 aromatic carbocycles. The summed E-state index contributed by atoms with van der Waals surface area (Å²) >= 11 is 1.99. The van der Waals surface area contributed by atoms with Crippen molar-refractivity contribution in [1.82, 2.24) is 19.6 Å². The number of piperidine rings is 1. The summed E-state index contributed by atoms with van der Waals surface area (Å²) in [5, 5.41) is 4.12. The van der Waals surface area contributed by atoms with Crippen molar-refractivity contribution < 1.29 is 9.53 Å². The van der Waals surface area contributed by atoms with Crippen LogP contribution in [0.2, 0.25) is 0 Å². The van der Waals surface area contributed by atoms with Crippen molar-refractivity contribution in [2.45, 2.75) is 51.2 Å². The molecule has 0 N–H and O–H groups in total. The molecule has 30 heavy (non-hydrogen) atoms. The zero-order valence-electron chi connectivity index (χ0n) is 18.3. The minimum atomic E-state index is -0.0741. The molecule has 1 spiro atoms. The number of carbonyl (C=O) groups is 1. The number of thiophene rings is 1. The van der Waals surface area contributed by atoms with Gasteiger partial charge in [0.05, 0.1) is 24.0 Å². The summed E-state index contributed by atoms with van der Waals surface area (Å²) in [4.78, 5) is 20.2. The maximum Gasteiger partial charge on any atom is 0.257 e. The Morgan fingerprint density at radius 1 is 1.40 bits per heavy atom. The fourth-order valence-corrected chi connectivity index (χ4v) is 6.62. The standard InChI is InChI=1S/C23H32N4O2S/c1-4-19-9-20-21(30-19)5-8-29-23(20)6-7-26(16(2)10-23)12-17-13-27(14-17)22(28)18-11-24-25(3)15-18/h9,11,15-17H,4-8,10,12-14H2,1-3H3/t16-,23+/m0/s1. The lowest BCUT2D eigenvalue weighted by Crippen LogP contribution is -2.57. The molecule has 3 aliphatic heterocycles. The van der Waals surface area contributed by atoms with Crippen LogP contribution in [0.5, 0.6) is 0 Å². The van der Waals surface area contributed by atoms with Crippen LogP contribution in [-0.2, 0) is 30.2 Å². The maximum atomic E-state index is 12.5. The molecule has 7 heteroatoms. The van der Waals surface area contributed by atoms with Gasteiger partial charge >= 0.3 is 0 Å². The summed E-state index contributed by atoms with van der Waals surface area (Å²) in [6.07, 6.45) is 7.80. The first-order valence-electron chi connectivity index (χ1n) is 11.3. The molecule has 3 aliphatic rings. The molecule has 2 aromatic rings. The van der Waals surface area contributed by atoms with E-state index in [1.165, 1.54) is 10.4 Å². The van der Waals surface area contributed by atoms with Gasteiger partial charge < -0.3 is 14.5 Å². The molecule has 0 unspecified atom stereocenters. The Balaban J connectivity index is 1.18. The fraction of sp³-hybridized carbons (Fsp3) is 0.652. The molecule has 2 saturated heterocycles. The second-order valence-electron chi connectivity index (χ2n) is 9.27. The third-order valence-corrected chi connectivity index (χ3v) is 8.49. The van der Waals surface area contributed by atoms with E-state index >= 15 is 0 Å². The normalized spacial score (nSPS) is 27.3. The van der Waals surface area contributed by atoms with Gasteiger partial charge in [-0.15, -0.1) is 11.3 Å². The van der Waals surface area contributed by atoms with Crippen LogP contribution in [0.3, 0.4) is 0 Å². The van der Waals surface area contributed by atoms with Crippen LogP contribution >= 0.6 is 11.3 Å². The second-order valence-corrected chi connectivity index (χ2v) is 10.5. The Kier molecular flexibility index (Phi) is 5.24. The average molecular weight is 429 g/mol. The topological polar surface area (TPSA) is 50.6 Å². The van der Waals surface area contributed by atoms with E-state index in [1.807, 2.05) is 23.3 Å². The summed E-state index contributed by atoms with van der Waals surface area (Å²) in [7, 11) is 1.85. The molecule has 6 nitrogen and oxygen atoms in total. The van der Waals surface area contributed by atoms with Gasteiger partial charge in [0.2, 0.25) is 0 Å². The van der Waals surface area contributed by atoms with Gasteiger partial charge in [-0.3, -0.25) is 9.48 Å². The fourth-order valence-electron chi connectivity index (χ4n) is 5.44. The van der Waals surface area contributed by atoms with Gasteiger partial charge in [0, 0.05) is 67.6 Å². The van der Waals surface area contributed by atoms with Crippen LogP contribution in [0.25, 0.3) is 0 Å². The van der Waals surface area contributed by atoms with Crippen molar-refractivity contribution in [3.05, 3.63) is 39.3 Å². The molecule has 0 radical (unpaired) electrons. The Morgan fingerprint density at radius 3 is 2.93 bits per heavy atom. The van der Waals surface area contributed by atoms with Gasteiger partial charge in [0.25, 0.3) is 5.91 Å². The van der Waals surface area contributed by atoms with Crippen LogP contribution in [0.15, 0.2) is 18.5 Å². The van der Waals surface area contributed by atoms with Crippen molar-refractivity contribution in [1.29, 1.82) is 0 Å². The Labute approximate surface area is 182 Å². The first kappa shape index (κ1) is 20.2. The monoisotopic (exact) mass is 428 g/mol. The highest BCUT2D eigenvalue weighted by molar-refractivity contribution is 7.12. The number of rotatable bonds is 4. The first-order chi connectivity index (χ1) is 14.5. The minimum Gasteiger partial charge on any atom is -0.370 e. The SMILES string of the molecule is CCc1cc2c(s1)CCO[C@@]21CCN(CC2CN(C(=O)c3cnn(C)c3)C2)[C@@H](C)C1. The maximum absolute atomic E-state index is 12.5. The molecule has 162 valence electrons. The number of carbonyl (C=O) groups excluding carboxylic acids is 1. The molecule has 2 atom stereocenters. The highest BCUT2D eigenvalue weighted by Crippen LogP contribution is 2.46. The molecule has 0 saturated carbocycles. The molecule has 0 bridgehead atoms. The zero-order chi connectivity index (χ0) is 20.9. The summed E-state index contributed by atoms with van der Waals surface area (Å²) in [5.41, 5.74) is 2.10. The number of nitrogens with zero attached hydrogens (tertiary/aromatic N) is 4. The molecule has 5 heterocycles. The van der Waals surface area contributed by atoms with Gasteiger partial charge in [-0.2, -0.15) is 5.10 Å². The Hall–Kier alpha value is -1.70. The van der Waals surface area contributed by atoms with Crippen LogP contribution < -0.4 is 0 Å². The van der Waals surface area contributed by atoms with Crippen LogP contribution in [0.4, 0.5) is 0 Å². The van der Waals surface area contributed by atoms with E-state index in [1.54, 1.807) is 22.0 Å². The van der Waals surface area contributed by atoms with E-state index in [2.05, 4.69) is 29.9 Å². The average Bonchev–Trinajstić information content (AvgIpc) is 3.32. The quantitative estimate of drug-likeness (QED) is 0.751.